The number of sulfonamides is 1. The molecular weight excluding hydrogens is 280 g/mol. The molecule has 1 fully saturated rings. The van der Waals surface area contributed by atoms with Gasteiger partial charge in [0.25, 0.3) is 0 Å². The summed E-state index contributed by atoms with van der Waals surface area (Å²) >= 11 is 0. The van der Waals surface area contributed by atoms with E-state index in [4.69, 9.17) is 10.8 Å². The molecule has 1 aliphatic carbocycles. The second kappa shape index (κ2) is 5.41. The van der Waals surface area contributed by atoms with Crippen molar-refractivity contribution in [1.82, 2.24) is 4.72 Å². The van der Waals surface area contributed by atoms with Crippen molar-refractivity contribution in [2.24, 2.45) is 5.92 Å². The Balaban J connectivity index is 2.22. The van der Waals surface area contributed by atoms with Gasteiger partial charge in [-0.3, -0.25) is 0 Å². The molecule has 7 heteroatoms. The van der Waals surface area contributed by atoms with Crippen molar-refractivity contribution in [2.75, 3.05) is 5.73 Å². The van der Waals surface area contributed by atoms with E-state index in [1.807, 2.05) is 6.92 Å². The standard InChI is InChI=1S/C13H18N2O4S/c1-8(9-3-2-4-9)15-20(18,19)12-6-5-10(13(16)17)7-11(12)14/h5-9,15H,2-4,14H2,1H3,(H,16,17). The van der Waals surface area contributed by atoms with E-state index >= 15 is 0 Å². The Morgan fingerprint density at radius 2 is 2.10 bits per heavy atom. The predicted molar refractivity (Wildman–Crippen MR) is 74.9 cm³/mol. The van der Waals surface area contributed by atoms with Gasteiger partial charge in [-0.2, -0.15) is 0 Å². The zero-order valence-electron chi connectivity index (χ0n) is 11.2. The molecule has 20 heavy (non-hydrogen) atoms. The van der Waals surface area contributed by atoms with Crippen molar-refractivity contribution in [3.05, 3.63) is 23.8 Å². The summed E-state index contributed by atoms with van der Waals surface area (Å²) in [6.45, 7) is 1.84. The monoisotopic (exact) mass is 298 g/mol. The Bertz CT molecular complexity index is 623. The van der Waals surface area contributed by atoms with Gasteiger partial charge in [-0.25, -0.2) is 17.9 Å². The Hall–Kier alpha value is -1.60. The zero-order chi connectivity index (χ0) is 14.9. The van der Waals surface area contributed by atoms with E-state index in [-0.39, 0.29) is 22.2 Å². The second-order valence-corrected chi connectivity index (χ2v) is 6.84. The molecule has 0 amide bonds. The van der Waals surface area contributed by atoms with Crippen LogP contribution in [0.25, 0.3) is 0 Å². The highest BCUT2D eigenvalue weighted by atomic mass is 32.2. The third-order valence-corrected chi connectivity index (χ3v) is 5.38. The molecule has 1 aromatic carbocycles. The first-order chi connectivity index (χ1) is 9.31. The quantitative estimate of drug-likeness (QED) is 0.712. The fourth-order valence-corrected chi connectivity index (χ4v) is 3.70. The van der Waals surface area contributed by atoms with Crippen molar-refractivity contribution >= 4 is 21.7 Å². The third-order valence-electron chi connectivity index (χ3n) is 3.74. The number of nitrogens with one attached hydrogen (secondary N) is 1. The van der Waals surface area contributed by atoms with Crippen LogP contribution >= 0.6 is 0 Å². The summed E-state index contributed by atoms with van der Waals surface area (Å²) in [5.74, 6) is -0.777. The van der Waals surface area contributed by atoms with Crippen LogP contribution in [0.4, 0.5) is 5.69 Å². The summed E-state index contributed by atoms with van der Waals surface area (Å²) in [6.07, 6.45) is 3.18. The summed E-state index contributed by atoms with van der Waals surface area (Å²) in [7, 11) is -3.72. The number of carboxylic acid groups (broad SMARTS) is 1. The Morgan fingerprint density at radius 1 is 1.45 bits per heavy atom. The number of carboxylic acids is 1. The van der Waals surface area contributed by atoms with Gasteiger partial charge in [0.1, 0.15) is 4.90 Å². The maximum Gasteiger partial charge on any atom is 0.335 e. The molecule has 1 aliphatic rings. The minimum atomic E-state index is -3.72. The predicted octanol–water partition coefficient (Wildman–Crippen LogP) is 1.43. The van der Waals surface area contributed by atoms with Crippen molar-refractivity contribution in [1.29, 1.82) is 0 Å². The number of aromatic carboxylic acids is 1. The van der Waals surface area contributed by atoms with Crippen molar-refractivity contribution in [3.63, 3.8) is 0 Å². The highest BCUT2D eigenvalue weighted by Gasteiger charge is 2.28. The van der Waals surface area contributed by atoms with Crippen molar-refractivity contribution in [3.8, 4) is 0 Å². The average molecular weight is 298 g/mol. The molecule has 0 radical (unpaired) electrons. The number of hydrogen-bond donors (Lipinski definition) is 3. The lowest BCUT2D eigenvalue weighted by Crippen LogP contribution is -2.40. The highest BCUT2D eigenvalue weighted by molar-refractivity contribution is 7.89. The van der Waals surface area contributed by atoms with E-state index in [1.54, 1.807) is 0 Å². The van der Waals surface area contributed by atoms with E-state index < -0.39 is 16.0 Å². The third kappa shape index (κ3) is 2.94. The molecular formula is C13H18N2O4S. The van der Waals surface area contributed by atoms with E-state index in [0.29, 0.717) is 5.92 Å². The molecule has 0 aromatic heterocycles. The molecule has 1 atom stereocenters. The number of hydrogen-bond acceptors (Lipinski definition) is 4. The smallest absolute Gasteiger partial charge is 0.335 e. The number of rotatable bonds is 5. The molecule has 0 saturated heterocycles. The van der Waals surface area contributed by atoms with Gasteiger partial charge < -0.3 is 10.8 Å². The number of carbonyl (C=O) groups is 1. The van der Waals surface area contributed by atoms with Crippen LogP contribution in [-0.4, -0.2) is 25.5 Å². The number of nitrogens with two attached hydrogens (primary N) is 1. The van der Waals surface area contributed by atoms with Gasteiger partial charge in [0.05, 0.1) is 11.3 Å². The second-order valence-electron chi connectivity index (χ2n) is 5.16. The van der Waals surface area contributed by atoms with Crippen LogP contribution in [0.15, 0.2) is 23.1 Å². The maximum atomic E-state index is 12.3. The number of nitrogen functional groups attached to an aromatic ring is 1. The maximum absolute atomic E-state index is 12.3. The molecule has 1 saturated carbocycles. The van der Waals surface area contributed by atoms with Crippen LogP contribution < -0.4 is 10.5 Å². The van der Waals surface area contributed by atoms with Crippen LogP contribution in [0.1, 0.15) is 36.5 Å². The van der Waals surface area contributed by atoms with Gasteiger partial charge in [-0.15, -0.1) is 0 Å². The Kier molecular flexibility index (Phi) is 4.01. The van der Waals surface area contributed by atoms with Crippen LogP contribution in [0.2, 0.25) is 0 Å². The van der Waals surface area contributed by atoms with E-state index in [9.17, 15) is 13.2 Å². The molecule has 2 rings (SSSR count). The van der Waals surface area contributed by atoms with Crippen molar-refractivity contribution in [2.45, 2.75) is 37.1 Å². The lowest BCUT2D eigenvalue weighted by Gasteiger charge is -2.31. The Morgan fingerprint density at radius 3 is 2.55 bits per heavy atom. The lowest BCUT2D eigenvalue weighted by molar-refractivity contribution is 0.0697. The molecule has 110 valence electrons. The normalized spacial score (nSPS) is 17.4. The molecule has 4 N–H and O–H groups in total. The van der Waals surface area contributed by atoms with Gasteiger partial charge in [0, 0.05) is 6.04 Å². The molecule has 6 nitrogen and oxygen atoms in total. The van der Waals surface area contributed by atoms with Crippen LogP contribution in [-0.2, 0) is 10.0 Å². The Labute approximate surface area is 118 Å². The zero-order valence-corrected chi connectivity index (χ0v) is 12.0. The van der Waals surface area contributed by atoms with Gasteiger partial charge in [0.2, 0.25) is 10.0 Å². The first-order valence-electron chi connectivity index (χ1n) is 6.46. The minimum absolute atomic E-state index is 0.0338. The molecule has 1 aromatic rings. The lowest BCUT2D eigenvalue weighted by atomic mass is 9.81. The SMILES string of the molecule is CC(NS(=O)(=O)c1ccc(C(=O)O)cc1N)C1CCC1. The van der Waals surface area contributed by atoms with Gasteiger partial charge >= 0.3 is 5.97 Å². The first kappa shape index (κ1) is 14.8. The van der Waals surface area contributed by atoms with E-state index in [2.05, 4.69) is 4.72 Å². The van der Waals surface area contributed by atoms with E-state index in [0.717, 1.165) is 25.3 Å². The summed E-state index contributed by atoms with van der Waals surface area (Å²) in [4.78, 5) is 10.7. The van der Waals surface area contributed by atoms with Gasteiger partial charge in [-0.05, 0) is 43.9 Å². The first-order valence-corrected chi connectivity index (χ1v) is 7.95. The largest absolute Gasteiger partial charge is 0.478 e. The van der Waals surface area contributed by atoms with Gasteiger partial charge in [-0.1, -0.05) is 6.42 Å². The van der Waals surface area contributed by atoms with E-state index in [1.165, 1.54) is 12.1 Å². The number of anilines is 1. The molecule has 0 heterocycles. The molecule has 1 unspecified atom stereocenters. The summed E-state index contributed by atoms with van der Waals surface area (Å²) in [5.41, 5.74) is 5.57. The summed E-state index contributed by atoms with van der Waals surface area (Å²) < 4.78 is 27.1. The van der Waals surface area contributed by atoms with Crippen LogP contribution in [0.3, 0.4) is 0 Å². The fourth-order valence-electron chi connectivity index (χ4n) is 2.27. The summed E-state index contributed by atoms with van der Waals surface area (Å²) in [5, 5.41) is 8.84. The molecule has 0 spiro atoms. The highest BCUT2D eigenvalue weighted by Crippen LogP contribution is 2.30. The van der Waals surface area contributed by atoms with Crippen LogP contribution in [0.5, 0.6) is 0 Å². The minimum Gasteiger partial charge on any atom is -0.478 e. The molecule has 0 bridgehead atoms. The number of benzene rings is 1. The van der Waals surface area contributed by atoms with Crippen molar-refractivity contribution < 1.29 is 18.3 Å². The fraction of sp³-hybridized carbons (Fsp3) is 0.462. The van der Waals surface area contributed by atoms with Gasteiger partial charge in [0.15, 0.2) is 0 Å². The molecule has 0 aliphatic heterocycles. The summed E-state index contributed by atoms with van der Waals surface area (Å²) in [6, 6.07) is 3.48. The average Bonchev–Trinajstić information content (AvgIpc) is 2.24. The topological polar surface area (TPSA) is 109 Å². The van der Waals surface area contributed by atoms with Crippen LogP contribution in [0, 0.1) is 5.92 Å².